The molecule has 2 aromatic rings. The number of hydrogen-bond acceptors (Lipinski definition) is 4. The first-order chi connectivity index (χ1) is 10.8. The molecule has 2 heterocycles. The lowest BCUT2D eigenvalue weighted by Crippen LogP contribution is -2.23. The average molecular weight is 355 g/mol. The number of carbonyl (C=O) groups excluding carboxylic acids is 2. The second-order valence-corrected chi connectivity index (χ2v) is 7.27. The molecule has 124 valence electrons. The van der Waals surface area contributed by atoms with Gasteiger partial charge in [-0.3, -0.25) is 4.79 Å². The van der Waals surface area contributed by atoms with Gasteiger partial charge in [0.1, 0.15) is 5.69 Å². The Morgan fingerprint density at radius 3 is 2.61 bits per heavy atom. The largest absolute Gasteiger partial charge is 0.459 e. The Morgan fingerprint density at radius 2 is 2.04 bits per heavy atom. The van der Waals surface area contributed by atoms with Crippen molar-refractivity contribution in [3.8, 4) is 0 Å². The zero-order chi connectivity index (χ0) is 17.1. The maximum atomic E-state index is 12.3. The van der Waals surface area contributed by atoms with E-state index in [2.05, 4.69) is 10.3 Å². The minimum Gasteiger partial charge on any atom is -0.459 e. The Kier molecular flexibility index (Phi) is 5.49. The molecule has 0 fully saturated rings. The molecule has 0 bridgehead atoms. The van der Waals surface area contributed by atoms with Gasteiger partial charge in [0.25, 0.3) is 5.91 Å². The molecule has 0 radical (unpaired) electrons. The zero-order valence-electron chi connectivity index (χ0n) is 13.5. The quantitative estimate of drug-likeness (QED) is 0.801. The summed E-state index contributed by atoms with van der Waals surface area (Å²) >= 11 is 7.28. The molecule has 2 rings (SSSR count). The fourth-order valence-electron chi connectivity index (χ4n) is 2.26. The molecule has 23 heavy (non-hydrogen) atoms. The Balaban J connectivity index is 2.13. The minimum atomic E-state index is -0.421. The average Bonchev–Trinajstić information content (AvgIpc) is 2.99. The van der Waals surface area contributed by atoms with Crippen LogP contribution in [-0.4, -0.2) is 23.0 Å². The van der Waals surface area contributed by atoms with E-state index < -0.39 is 5.97 Å². The summed E-state index contributed by atoms with van der Waals surface area (Å²) < 4.78 is 5.90. The third kappa shape index (κ3) is 4.14. The van der Waals surface area contributed by atoms with Crippen molar-refractivity contribution < 1.29 is 14.3 Å². The van der Waals surface area contributed by atoms with Gasteiger partial charge in [-0.15, -0.1) is 11.3 Å². The number of halogens is 1. The van der Waals surface area contributed by atoms with Crippen LogP contribution in [0.4, 0.5) is 0 Å². The van der Waals surface area contributed by atoms with Gasteiger partial charge in [-0.05, 0) is 45.4 Å². The fourth-order valence-corrected chi connectivity index (χ4v) is 3.29. The number of aromatic amines is 1. The van der Waals surface area contributed by atoms with Crippen LogP contribution in [0.15, 0.2) is 12.1 Å². The smallest absolute Gasteiger partial charge is 0.340 e. The number of ether oxygens (including phenoxy) is 1. The summed E-state index contributed by atoms with van der Waals surface area (Å²) in [6.07, 6.45) is -0.211. The van der Waals surface area contributed by atoms with Crippen LogP contribution in [0.1, 0.15) is 50.8 Å². The molecular weight excluding hydrogens is 336 g/mol. The SMILES string of the molecule is Cc1[nH]c(C(=O)NCc2ccc(Cl)s2)c(C)c1C(=O)OC(C)C. The lowest BCUT2D eigenvalue weighted by atomic mass is 10.1. The molecule has 0 aliphatic heterocycles. The highest BCUT2D eigenvalue weighted by atomic mass is 35.5. The summed E-state index contributed by atoms with van der Waals surface area (Å²) in [5.74, 6) is -0.686. The summed E-state index contributed by atoms with van der Waals surface area (Å²) in [4.78, 5) is 28.4. The van der Waals surface area contributed by atoms with E-state index in [-0.39, 0.29) is 12.0 Å². The number of amides is 1. The molecule has 0 aliphatic rings. The van der Waals surface area contributed by atoms with E-state index >= 15 is 0 Å². The fraction of sp³-hybridized carbons (Fsp3) is 0.375. The van der Waals surface area contributed by atoms with E-state index in [0.29, 0.717) is 33.4 Å². The van der Waals surface area contributed by atoms with Crippen LogP contribution in [0, 0.1) is 13.8 Å². The first kappa shape index (κ1) is 17.6. The molecule has 2 N–H and O–H groups in total. The highest BCUT2D eigenvalue weighted by Crippen LogP contribution is 2.22. The Bertz CT molecular complexity index is 734. The predicted octanol–water partition coefficient (Wildman–Crippen LogP) is 3.84. The zero-order valence-corrected chi connectivity index (χ0v) is 15.0. The van der Waals surface area contributed by atoms with E-state index in [1.54, 1.807) is 33.8 Å². The maximum Gasteiger partial charge on any atom is 0.340 e. The van der Waals surface area contributed by atoms with Crippen LogP contribution in [0.5, 0.6) is 0 Å². The molecule has 0 atom stereocenters. The van der Waals surface area contributed by atoms with E-state index in [9.17, 15) is 9.59 Å². The third-order valence-corrected chi connectivity index (χ3v) is 4.49. The lowest BCUT2D eigenvalue weighted by Gasteiger charge is -2.08. The van der Waals surface area contributed by atoms with Crippen molar-refractivity contribution in [3.05, 3.63) is 43.9 Å². The Hall–Kier alpha value is -1.79. The number of H-pyrrole nitrogens is 1. The van der Waals surface area contributed by atoms with Crippen LogP contribution in [0.3, 0.4) is 0 Å². The molecule has 5 nitrogen and oxygen atoms in total. The predicted molar refractivity (Wildman–Crippen MR) is 91.3 cm³/mol. The number of carbonyl (C=O) groups is 2. The van der Waals surface area contributed by atoms with Gasteiger partial charge >= 0.3 is 5.97 Å². The van der Waals surface area contributed by atoms with Crippen molar-refractivity contribution >= 4 is 34.8 Å². The number of thiophene rings is 1. The van der Waals surface area contributed by atoms with Crippen molar-refractivity contribution in [2.24, 2.45) is 0 Å². The van der Waals surface area contributed by atoms with Gasteiger partial charge in [-0.25, -0.2) is 4.79 Å². The van der Waals surface area contributed by atoms with Gasteiger partial charge in [-0.2, -0.15) is 0 Å². The van der Waals surface area contributed by atoms with Gasteiger partial charge in [-0.1, -0.05) is 11.6 Å². The number of aryl methyl sites for hydroxylation is 1. The van der Waals surface area contributed by atoms with Gasteiger partial charge < -0.3 is 15.0 Å². The first-order valence-electron chi connectivity index (χ1n) is 7.22. The maximum absolute atomic E-state index is 12.3. The number of esters is 1. The molecule has 0 saturated heterocycles. The number of aromatic nitrogens is 1. The molecule has 0 spiro atoms. The number of hydrogen-bond donors (Lipinski definition) is 2. The molecule has 0 aromatic carbocycles. The van der Waals surface area contributed by atoms with Crippen LogP contribution in [0.2, 0.25) is 4.34 Å². The molecular formula is C16H19ClN2O3S. The summed E-state index contributed by atoms with van der Waals surface area (Å²) in [7, 11) is 0. The highest BCUT2D eigenvalue weighted by molar-refractivity contribution is 7.16. The summed E-state index contributed by atoms with van der Waals surface area (Å²) in [5.41, 5.74) is 2.01. The number of nitrogens with one attached hydrogen (secondary N) is 2. The van der Waals surface area contributed by atoms with Crippen molar-refractivity contribution in [1.82, 2.24) is 10.3 Å². The second kappa shape index (κ2) is 7.19. The summed E-state index contributed by atoms with van der Waals surface area (Å²) in [6.45, 7) is 7.45. The molecule has 0 aliphatic carbocycles. The van der Waals surface area contributed by atoms with Crippen molar-refractivity contribution in [2.75, 3.05) is 0 Å². The van der Waals surface area contributed by atoms with Gasteiger partial charge in [0.15, 0.2) is 0 Å². The monoisotopic (exact) mass is 354 g/mol. The summed E-state index contributed by atoms with van der Waals surface area (Å²) in [6, 6.07) is 3.66. The van der Waals surface area contributed by atoms with Crippen LogP contribution in [0.25, 0.3) is 0 Å². The van der Waals surface area contributed by atoms with Crippen molar-refractivity contribution in [3.63, 3.8) is 0 Å². The van der Waals surface area contributed by atoms with Crippen LogP contribution < -0.4 is 5.32 Å². The van der Waals surface area contributed by atoms with E-state index in [1.165, 1.54) is 11.3 Å². The van der Waals surface area contributed by atoms with Crippen molar-refractivity contribution in [2.45, 2.75) is 40.3 Å². The van der Waals surface area contributed by atoms with E-state index in [1.807, 2.05) is 6.07 Å². The van der Waals surface area contributed by atoms with E-state index in [4.69, 9.17) is 16.3 Å². The Morgan fingerprint density at radius 1 is 1.35 bits per heavy atom. The van der Waals surface area contributed by atoms with E-state index in [0.717, 1.165) is 4.88 Å². The molecule has 7 heteroatoms. The van der Waals surface area contributed by atoms with Crippen LogP contribution in [-0.2, 0) is 11.3 Å². The van der Waals surface area contributed by atoms with Crippen molar-refractivity contribution in [1.29, 1.82) is 0 Å². The van der Waals surface area contributed by atoms with Gasteiger partial charge in [0, 0.05) is 10.6 Å². The normalized spacial score (nSPS) is 10.9. The standard InChI is InChI=1S/C16H19ClN2O3S/c1-8(2)22-16(21)13-9(3)14(19-10(13)4)15(20)18-7-11-5-6-12(17)23-11/h5-6,8,19H,7H2,1-4H3,(H,18,20). The number of rotatable bonds is 5. The Labute approximate surface area is 144 Å². The first-order valence-corrected chi connectivity index (χ1v) is 8.41. The molecule has 2 aromatic heterocycles. The van der Waals surface area contributed by atoms with Gasteiger partial charge in [0.2, 0.25) is 0 Å². The topological polar surface area (TPSA) is 71.2 Å². The highest BCUT2D eigenvalue weighted by Gasteiger charge is 2.23. The molecule has 0 unspecified atom stereocenters. The molecule has 0 saturated carbocycles. The molecule has 1 amide bonds. The lowest BCUT2D eigenvalue weighted by molar-refractivity contribution is 0.0376. The third-order valence-electron chi connectivity index (χ3n) is 3.26. The van der Waals surface area contributed by atoms with Crippen LogP contribution >= 0.6 is 22.9 Å². The second-order valence-electron chi connectivity index (χ2n) is 5.47. The summed E-state index contributed by atoms with van der Waals surface area (Å²) in [5, 5.41) is 2.82. The minimum absolute atomic E-state index is 0.211. The van der Waals surface area contributed by atoms with Gasteiger partial charge in [0.05, 0.1) is 22.5 Å².